The number of thioether (sulfide) groups is 1. The second-order valence-electron chi connectivity index (χ2n) is 6.11. The van der Waals surface area contributed by atoms with Crippen molar-refractivity contribution in [2.75, 3.05) is 11.9 Å². The third kappa shape index (κ3) is 4.57. The van der Waals surface area contributed by atoms with Gasteiger partial charge in [-0.3, -0.25) is 10.1 Å². The number of carbonyl (C=O) groups excluding carboxylic acids is 1. The van der Waals surface area contributed by atoms with Crippen molar-refractivity contribution in [3.63, 3.8) is 0 Å². The van der Waals surface area contributed by atoms with Crippen LogP contribution in [0.1, 0.15) is 28.7 Å². The summed E-state index contributed by atoms with van der Waals surface area (Å²) >= 11 is 2.84. The van der Waals surface area contributed by atoms with E-state index in [1.807, 2.05) is 38.1 Å². The number of carbonyl (C=O) groups is 1. The van der Waals surface area contributed by atoms with Crippen LogP contribution in [0, 0.1) is 6.92 Å². The van der Waals surface area contributed by atoms with Gasteiger partial charge in [-0.05, 0) is 44.2 Å². The molecule has 0 radical (unpaired) electrons. The normalized spacial score (nSPS) is 11.0. The molecule has 0 spiro atoms. The zero-order chi connectivity index (χ0) is 20.2. The minimum absolute atomic E-state index is 0.249. The van der Waals surface area contributed by atoms with E-state index in [9.17, 15) is 4.79 Å². The van der Waals surface area contributed by atoms with Crippen molar-refractivity contribution in [3.8, 4) is 5.75 Å². The Hall–Kier alpha value is -2.91. The summed E-state index contributed by atoms with van der Waals surface area (Å²) in [5, 5.41) is 8.02. The molecule has 0 aliphatic heterocycles. The molecule has 0 saturated heterocycles. The molecular weight excluding hydrogens is 408 g/mol. The van der Waals surface area contributed by atoms with Crippen LogP contribution >= 0.6 is 23.1 Å². The summed E-state index contributed by atoms with van der Waals surface area (Å²) in [7, 11) is 0. The van der Waals surface area contributed by atoms with Gasteiger partial charge in [0.15, 0.2) is 5.13 Å². The molecule has 1 N–H and O–H groups in total. The van der Waals surface area contributed by atoms with Crippen molar-refractivity contribution in [2.24, 2.45) is 0 Å². The molecule has 0 fully saturated rings. The molecule has 7 nitrogen and oxygen atoms in total. The maximum atomic E-state index is 12.8. The number of amides is 1. The van der Waals surface area contributed by atoms with Crippen LogP contribution in [0.5, 0.6) is 5.75 Å². The van der Waals surface area contributed by atoms with E-state index in [0.29, 0.717) is 28.1 Å². The summed E-state index contributed by atoms with van der Waals surface area (Å²) in [6.45, 7) is 4.38. The molecule has 3 aromatic heterocycles. The van der Waals surface area contributed by atoms with Crippen LogP contribution < -0.4 is 10.1 Å². The van der Waals surface area contributed by atoms with Crippen LogP contribution in [0.2, 0.25) is 0 Å². The number of hydrogen-bond acceptors (Lipinski definition) is 8. The monoisotopic (exact) mass is 426 g/mol. The summed E-state index contributed by atoms with van der Waals surface area (Å²) in [4.78, 5) is 21.7. The van der Waals surface area contributed by atoms with E-state index in [-0.39, 0.29) is 5.91 Å². The highest BCUT2D eigenvalue weighted by molar-refractivity contribution is 7.98. The second-order valence-corrected chi connectivity index (χ2v) is 8.10. The fraction of sp³-hybridized carbons (Fsp3) is 0.200. The standard InChI is InChI=1S/C20H18N4O3S2/c1-3-26-14-6-7-16-17(10-14)29-20(22-16)23-18(25)15-5-4-8-21-19(15)28-11-13-9-12(2)27-24-13/h4-10H,3,11H2,1-2H3,(H,22,23,25). The number of nitrogens with zero attached hydrogens (tertiary/aromatic N) is 3. The summed E-state index contributed by atoms with van der Waals surface area (Å²) in [6.07, 6.45) is 1.67. The van der Waals surface area contributed by atoms with Crippen LogP contribution in [0.4, 0.5) is 5.13 Å². The van der Waals surface area contributed by atoms with E-state index in [4.69, 9.17) is 9.26 Å². The smallest absolute Gasteiger partial charge is 0.260 e. The zero-order valence-corrected chi connectivity index (χ0v) is 17.5. The molecule has 0 aliphatic carbocycles. The van der Waals surface area contributed by atoms with Crippen molar-refractivity contribution in [1.82, 2.24) is 15.1 Å². The van der Waals surface area contributed by atoms with Gasteiger partial charge in [0.2, 0.25) is 0 Å². The molecule has 9 heteroatoms. The number of nitrogens with one attached hydrogen (secondary N) is 1. The highest BCUT2D eigenvalue weighted by Gasteiger charge is 2.16. The van der Waals surface area contributed by atoms with Crippen molar-refractivity contribution >= 4 is 44.4 Å². The largest absolute Gasteiger partial charge is 0.494 e. The van der Waals surface area contributed by atoms with Crippen LogP contribution in [0.25, 0.3) is 10.2 Å². The van der Waals surface area contributed by atoms with E-state index in [1.165, 1.54) is 23.1 Å². The van der Waals surface area contributed by atoms with Crippen LogP contribution in [-0.4, -0.2) is 27.6 Å². The predicted octanol–water partition coefficient (Wildman–Crippen LogP) is 4.93. The lowest BCUT2D eigenvalue weighted by Crippen LogP contribution is -2.13. The first-order valence-corrected chi connectivity index (χ1v) is 10.8. The topological polar surface area (TPSA) is 90.1 Å². The van der Waals surface area contributed by atoms with E-state index in [2.05, 4.69) is 20.4 Å². The Labute approximate surface area is 175 Å². The van der Waals surface area contributed by atoms with E-state index < -0.39 is 0 Å². The van der Waals surface area contributed by atoms with E-state index in [0.717, 1.165) is 27.4 Å². The highest BCUT2D eigenvalue weighted by Crippen LogP contribution is 2.30. The lowest BCUT2D eigenvalue weighted by molar-refractivity contribution is 0.102. The lowest BCUT2D eigenvalue weighted by atomic mass is 10.3. The fourth-order valence-electron chi connectivity index (χ4n) is 2.69. The third-order valence-corrected chi connectivity index (χ3v) is 5.91. The second kappa shape index (κ2) is 8.62. The van der Waals surface area contributed by atoms with Gasteiger partial charge in [0.1, 0.15) is 16.5 Å². The Bertz CT molecular complexity index is 1160. The van der Waals surface area contributed by atoms with Gasteiger partial charge in [-0.25, -0.2) is 9.97 Å². The number of hydrogen-bond donors (Lipinski definition) is 1. The van der Waals surface area contributed by atoms with Crippen LogP contribution in [-0.2, 0) is 5.75 Å². The average molecular weight is 427 g/mol. The van der Waals surface area contributed by atoms with Crippen molar-refractivity contribution in [1.29, 1.82) is 0 Å². The molecule has 148 valence electrons. The number of aryl methyl sites for hydroxylation is 1. The molecule has 0 aliphatic rings. The Morgan fingerprint density at radius 3 is 3.00 bits per heavy atom. The number of thiazole rings is 1. The minimum atomic E-state index is -0.249. The Morgan fingerprint density at radius 1 is 1.31 bits per heavy atom. The number of rotatable bonds is 7. The van der Waals surface area contributed by atoms with Gasteiger partial charge >= 0.3 is 0 Å². The highest BCUT2D eigenvalue weighted by atomic mass is 32.2. The lowest BCUT2D eigenvalue weighted by Gasteiger charge is -2.06. The molecule has 4 aromatic rings. The Kier molecular flexibility index (Phi) is 5.77. The summed E-state index contributed by atoms with van der Waals surface area (Å²) < 4.78 is 11.6. The molecule has 0 unspecified atom stereocenters. The van der Waals surface area contributed by atoms with Gasteiger partial charge in [0.05, 0.1) is 28.1 Å². The van der Waals surface area contributed by atoms with Crippen molar-refractivity contribution in [2.45, 2.75) is 24.6 Å². The molecule has 1 aromatic carbocycles. The molecular formula is C20H18N4O3S2. The maximum Gasteiger partial charge on any atom is 0.260 e. The number of fused-ring (bicyclic) bond motifs is 1. The molecule has 1 amide bonds. The molecule has 29 heavy (non-hydrogen) atoms. The number of benzene rings is 1. The number of aromatic nitrogens is 3. The molecule has 0 atom stereocenters. The Morgan fingerprint density at radius 2 is 2.21 bits per heavy atom. The first-order chi connectivity index (χ1) is 14.1. The first kappa shape index (κ1) is 19.4. The number of pyridine rings is 1. The van der Waals surface area contributed by atoms with Crippen molar-refractivity contribution in [3.05, 3.63) is 59.6 Å². The van der Waals surface area contributed by atoms with Gasteiger partial charge in [-0.15, -0.1) is 0 Å². The van der Waals surface area contributed by atoms with Gasteiger partial charge < -0.3 is 9.26 Å². The Balaban J connectivity index is 1.50. The fourth-order valence-corrected chi connectivity index (χ4v) is 4.45. The number of ether oxygens (including phenoxy) is 1. The predicted molar refractivity (Wildman–Crippen MR) is 114 cm³/mol. The number of anilines is 1. The molecule has 4 rings (SSSR count). The van der Waals surface area contributed by atoms with Gasteiger partial charge in [-0.2, -0.15) is 0 Å². The van der Waals surface area contributed by atoms with Crippen LogP contribution in [0.15, 0.2) is 52.1 Å². The third-order valence-electron chi connectivity index (χ3n) is 3.94. The first-order valence-electron chi connectivity index (χ1n) is 8.97. The molecule has 0 bridgehead atoms. The van der Waals surface area contributed by atoms with Gasteiger partial charge in [-0.1, -0.05) is 28.3 Å². The summed E-state index contributed by atoms with van der Waals surface area (Å²) in [5.74, 6) is 1.86. The van der Waals surface area contributed by atoms with Crippen LogP contribution in [0.3, 0.4) is 0 Å². The van der Waals surface area contributed by atoms with Crippen molar-refractivity contribution < 1.29 is 14.1 Å². The summed E-state index contributed by atoms with van der Waals surface area (Å²) in [5.41, 5.74) is 2.11. The summed E-state index contributed by atoms with van der Waals surface area (Å²) in [6, 6.07) is 11.0. The average Bonchev–Trinajstić information content (AvgIpc) is 3.31. The SMILES string of the molecule is CCOc1ccc2nc(NC(=O)c3cccnc3SCc3cc(C)on3)sc2c1. The molecule has 3 heterocycles. The van der Waals surface area contributed by atoms with E-state index >= 15 is 0 Å². The minimum Gasteiger partial charge on any atom is -0.494 e. The van der Waals surface area contributed by atoms with Gasteiger partial charge in [0, 0.05) is 18.0 Å². The van der Waals surface area contributed by atoms with E-state index in [1.54, 1.807) is 18.3 Å². The molecule has 0 saturated carbocycles. The zero-order valence-electron chi connectivity index (χ0n) is 15.8. The maximum absolute atomic E-state index is 12.8. The quantitative estimate of drug-likeness (QED) is 0.419. The van der Waals surface area contributed by atoms with Gasteiger partial charge in [0.25, 0.3) is 5.91 Å².